The summed E-state index contributed by atoms with van der Waals surface area (Å²) in [7, 11) is 0. The number of piperazine rings is 1. The van der Waals surface area contributed by atoms with E-state index in [1.165, 1.54) is 22.4 Å². The standard InChI is InChI=1S/C24H30N4O2S/c1-18-9-10-21-20(16-18)17-22(31-21)23(29)25-26-24(30)28-14-12-27(13-15-28)11-5-8-19-6-3-2-4-7-19/h2-8,17-18H,9-16H2,1H3,(H,25,29)(H,26,30)/b8-5+. The third-order valence-electron chi connectivity index (χ3n) is 5.97. The number of urea groups is 1. The molecular weight excluding hydrogens is 408 g/mol. The van der Waals surface area contributed by atoms with Gasteiger partial charge in [-0.1, -0.05) is 49.4 Å². The number of fused-ring (bicyclic) bond motifs is 1. The molecule has 3 amide bonds. The molecule has 1 aliphatic carbocycles. The lowest BCUT2D eigenvalue weighted by Crippen LogP contribution is -2.55. The van der Waals surface area contributed by atoms with Crippen LogP contribution in [0.25, 0.3) is 6.08 Å². The first-order valence-corrected chi connectivity index (χ1v) is 11.8. The number of nitrogens with zero attached hydrogens (tertiary/aromatic N) is 2. The van der Waals surface area contributed by atoms with Crippen LogP contribution >= 0.6 is 11.3 Å². The highest BCUT2D eigenvalue weighted by molar-refractivity contribution is 7.14. The fourth-order valence-corrected chi connectivity index (χ4v) is 5.21. The molecule has 1 aromatic heterocycles. The molecule has 2 N–H and O–H groups in total. The van der Waals surface area contributed by atoms with Crippen molar-refractivity contribution in [2.45, 2.75) is 26.2 Å². The number of rotatable bonds is 4. The van der Waals surface area contributed by atoms with Crippen molar-refractivity contribution in [1.82, 2.24) is 20.7 Å². The summed E-state index contributed by atoms with van der Waals surface area (Å²) in [4.78, 5) is 31.0. The van der Waals surface area contributed by atoms with Gasteiger partial charge < -0.3 is 4.90 Å². The molecule has 0 spiro atoms. The highest BCUT2D eigenvalue weighted by atomic mass is 32.1. The van der Waals surface area contributed by atoms with Gasteiger partial charge in [0.05, 0.1) is 4.88 Å². The lowest BCUT2D eigenvalue weighted by Gasteiger charge is -2.34. The van der Waals surface area contributed by atoms with Crippen LogP contribution in [0.2, 0.25) is 0 Å². The SMILES string of the molecule is CC1CCc2sc(C(=O)NNC(=O)N3CCN(C/C=C/c4ccccc4)CC3)cc2C1. The first kappa shape index (κ1) is 21.6. The average Bonchev–Trinajstić information content (AvgIpc) is 3.22. The Bertz CT molecular complexity index is 932. The zero-order chi connectivity index (χ0) is 21.6. The number of hydrazine groups is 1. The van der Waals surface area contributed by atoms with Crippen LogP contribution < -0.4 is 10.9 Å². The Balaban J connectivity index is 1.19. The third kappa shape index (κ3) is 5.74. The molecule has 1 unspecified atom stereocenters. The Labute approximate surface area is 187 Å². The molecule has 4 rings (SSSR count). The van der Waals surface area contributed by atoms with Crippen LogP contribution in [0.15, 0.2) is 42.5 Å². The summed E-state index contributed by atoms with van der Waals surface area (Å²) >= 11 is 1.55. The first-order valence-electron chi connectivity index (χ1n) is 11.0. The molecule has 2 aromatic rings. The molecule has 0 saturated carbocycles. The van der Waals surface area contributed by atoms with Gasteiger partial charge in [-0.2, -0.15) is 0 Å². The number of hydrogen-bond acceptors (Lipinski definition) is 4. The monoisotopic (exact) mass is 438 g/mol. The maximum Gasteiger partial charge on any atom is 0.336 e. The Morgan fingerprint density at radius 3 is 2.68 bits per heavy atom. The number of amides is 3. The molecule has 31 heavy (non-hydrogen) atoms. The lowest BCUT2D eigenvalue weighted by molar-refractivity contribution is 0.0926. The van der Waals surface area contributed by atoms with Gasteiger partial charge in [-0.3, -0.25) is 15.1 Å². The summed E-state index contributed by atoms with van der Waals surface area (Å²) < 4.78 is 0. The van der Waals surface area contributed by atoms with Gasteiger partial charge in [0.25, 0.3) is 5.91 Å². The highest BCUT2D eigenvalue weighted by Crippen LogP contribution is 2.32. The molecule has 1 aromatic carbocycles. The van der Waals surface area contributed by atoms with Crippen LogP contribution in [0, 0.1) is 5.92 Å². The van der Waals surface area contributed by atoms with E-state index in [1.54, 1.807) is 16.2 Å². The van der Waals surface area contributed by atoms with Gasteiger partial charge in [0.2, 0.25) is 0 Å². The highest BCUT2D eigenvalue weighted by Gasteiger charge is 2.23. The van der Waals surface area contributed by atoms with E-state index in [2.05, 4.69) is 47.0 Å². The normalized spacial score (nSPS) is 19.3. The molecule has 1 aliphatic heterocycles. The quantitative estimate of drug-likeness (QED) is 0.718. The number of aryl methyl sites for hydroxylation is 1. The maximum absolute atomic E-state index is 12.5. The van der Waals surface area contributed by atoms with E-state index in [-0.39, 0.29) is 11.9 Å². The summed E-state index contributed by atoms with van der Waals surface area (Å²) in [6.07, 6.45) is 7.55. The summed E-state index contributed by atoms with van der Waals surface area (Å²) in [6.45, 7) is 6.04. The van der Waals surface area contributed by atoms with Crippen molar-refractivity contribution in [3.63, 3.8) is 0 Å². The van der Waals surface area contributed by atoms with Gasteiger partial charge in [-0.15, -0.1) is 11.3 Å². The average molecular weight is 439 g/mol. The summed E-state index contributed by atoms with van der Waals surface area (Å²) in [5.41, 5.74) is 7.65. The molecule has 1 atom stereocenters. The summed E-state index contributed by atoms with van der Waals surface area (Å²) in [5.74, 6) is 0.440. The van der Waals surface area contributed by atoms with Crippen molar-refractivity contribution in [3.05, 3.63) is 63.4 Å². The van der Waals surface area contributed by atoms with Crippen LogP contribution in [0.5, 0.6) is 0 Å². The maximum atomic E-state index is 12.5. The Kier molecular flexibility index (Phi) is 7.04. The summed E-state index contributed by atoms with van der Waals surface area (Å²) in [5, 5.41) is 0. The van der Waals surface area contributed by atoms with Gasteiger partial charge in [0, 0.05) is 37.6 Å². The smallest absolute Gasteiger partial charge is 0.321 e. The minimum absolute atomic E-state index is 0.231. The predicted molar refractivity (Wildman–Crippen MR) is 125 cm³/mol. The number of benzene rings is 1. The second-order valence-corrected chi connectivity index (χ2v) is 9.53. The van der Waals surface area contributed by atoms with Gasteiger partial charge in [0.15, 0.2) is 0 Å². The third-order valence-corrected chi connectivity index (χ3v) is 7.20. The minimum atomic E-state index is -0.247. The molecule has 0 radical (unpaired) electrons. The largest absolute Gasteiger partial charge is 0.336 e. The van der Waals surface area contributed by atoms with Crippen LogP contribution in [0.3, 0.4) is 0 Å². The second-order valence-electron chi connectivity index (χ2n) is 8.39. The fraction of sp³-hybridized carbons (Fsp3) is 0.417. The molecule has 2 aliphatic rings. The topological polar surface area (TPSA) is 64.7 Å². The van der Waals surface area contributed by atoms with E-state index < -0.39 is 0 Å². The van der Waals surface area contributed by atoms with Crippen molar-refractivity contribution < 1.29 is 9.59 Å². The van der Waals surface area contributed by atoms with E-state index in [1.807, 2.05) is 24.3 Å². The van der Waals surface area contributed by atoms with Gasteiger partial charge in [-0.25, -0.2) is 10.2 Å². The number of carbonyl (C=O) groups excluding carboxylic acids is 2. The minimum Gasteiger partial charge on any atom is -0.321 e. The Hall–Kier alpha value is -2.64. The zero-order valence-corrected chi connectivity index (χ0v) is 18.8. The molecule has 1 fully saturated rings. The van der Waals surface area contributed by atoms with Crippen molar-refractivity contribution >= 4 is 29.4 Å². The Morgan fingerprint density at radius 1 is 1.13 bits per heavy atom. The Morgan fingerprint density at radius 2 is 1.90 bits per heavy atom. The van der Waals surface area contributed by atoms with E-state index in [9.17, 15) is 9.59 Å². The number of thiophene rings is 1. The number of hydrogen-bond donors (Lipinski definition) is 2. The van der Waals surface area contributed by atoms with Crippen molar-refractivity contribution in [3.8, 4) is 0 Å². The molecule has 1 saturated heterocycles. The first-order chi connectivity index (χ1) is 15.1. The molecule has 6 nitrogen and oxygen atoms in total. The summed E-state index contributed by atoms with van der Waals surface area (Å²) in [6, 6.07) is 12.0. The molecule has 2 heterocycles. The van der Waals surface area contributed by atoms with Crippen LogP contribution in [0.4, 0.5) is 4.79 Å². The fourth-order valence-electron chi connectivity index (χ4n) is 4.10. The lowest BCUT2D eigenvalue weighted by atomic mass is 9.90. The number of carbonyl (C=O) groups is 2. The second kappa shape index (κ2) is 10.1. The van der Waals surface area contributed by atoms with Crippen LogP contribution in [0.1, 0.15) is 39.0 Å². The van der Waals surface area contributed by atoms with Crippen molar-refractivity contribution in [2.75, 3.05) is 32.7 Å². The van der Waals surface area contributed by atoms with Gasteiger partial charge in [0.1, 0.15) is 0 Å². The van der Waals surface area contributed by atoms with Crippen LogP contribution in [-0.4, -0.2) is 54.5 Å². The van der Waals surface area contributed by atoms with Gasteiger partial charge >= 0.3 is 6.03 Å². The molecule has 7 heteroatoms. The number of nitrogens with one attached hydrogen (secondary N) is 2. The van der Waals surface area contributed by atoms with E-state index in [4.69, 9.17) is 0 Å². The van der Waals surface area contributed by atoms with E-state index in [0.29, 0.717) is 23.9 Å². The zero-order valence-electron chi connectivity index (χ0n) is 18.0. The van der Waals surface area contributed by atoms with E-state index >= 15 is 0 Å². The molecule has 0 bridgehead atoms. The van der Waals surface area contributed by atoms with Crippen molar-refractivity contribution in [1.29, 1.82) is 0 Å². The van der Waals surface area contributed by atoms with Crippen molar-refractivity contribution in [2.24, 2.45) is 5.92 Å². The predicted octanol–water partition coefficient (Wildman–Crippen LogP) is 3.56. The molecule has 164 valence electrons. The molecular formula is C24H30N4O2S. The van der Waals surface area contributed by atoms with Gasteiger partial charge in [-0.05, 0) is 42.4 Å². The van der Waals surface area contributed by atoms with Crippen LogP contribution in [-0.2, 0) is 12.8 Å². The van der Waals surface area contributed by atoms with E-state index in [0.717, 1.165) is 32.5 Å².